The number of benzene rings is 1. The van der Waals surface area contributed by atoms with Crippen molar-refractivity contribution in [3.05, 3.63) is 48.2 Å². The molecule has 0 amide bonds. The van der Waals surface area contributed by atoms with Crippen LogP contribution < -0.4 is 0 Å². The normalized spacial score (nSPS) is 12.0. The summed E-state index contributed by atoms with van der Waals surface area (Å²) in [5, 5.41) is 9.87. The van der Waals surface area contributed by atoms with E-state index >= 15 is 0 Å². The molecule has 2 heterocycles. The first kappa shape index (κ1) is 14.5. The zero-order valence-corrected chi connectivity index (χ0v) is 12.1. The molecule has 0 radical (unpaired) electrons. The van der Waals surface area contributed by atoms with Gasteiger partial charge in [0.25, 0.3) is 0 Å². The Kier molecular flexibility index (Phi) is 3.13. The van der Waals surface area contributed by atoms with Crippen LogP contribution >= 0.6 is 0 Å². The Morgan fingerprint density at radius 3 is 2.36 bits per heavy atom. The van der Waals surface area contributed by atoms with Crippen LogP contribution in [-0.4, -0.2) is 29.2 Å². The number of sulfone groups is 1. The van der Waals surface area contributed by atoms with Crippen LogP contribution in [-0.2, 0) is 9.84 Å². The van der Waals surface area contributed by atoms with E-state index in [4.69, 9.17) is 0 Å². The highest BCUT2D eigenvalue weighted by Crippen LogP contribution is 2.29. The van der Waals surface area contributed by atoms with Gasteiger partial charge in [0, 0.05) is 24.1 Å². The van der Waals surface area contributed by atoms with E-state index < -0.39 is 27.4 Å². The van der Waals surface area contributed by atoms with Gasteiger partial charge >= 0.3 is 0 Å². The van der Waals surface area contributed by atoms with Crippen molar-refractivity contribution in [2.24, 2.45) is 0 Å². The molecule has 0 unspecified atom stereocenters. The second kappa shape index (κ2) is 4.77. The lowest BCUT2D eigenvalue weighted by atomic mass is 10.2. The first-order valence-corrected chi connectivity index (χ1v) is 8.02. The fraction of sp³-hybridized carbons (Fsp3) is 0.0714. The average Bonchev–Trinajstić information content (AvgIpc) is 2.74. The Morgan fingerprint density at radius 1 is 1.14 bits per heavy atom. The third kappa shape index (κ3) is 2.41. The molecule has 22 heavy (non-hydrogen) atoms. The van der Waals surface area contributed by atoms with Gasteiger partial charge < -0.3 is 5.11 Å². The Hall–Kier alpha value is -2.48. The number of hydrogen-bond donors (Lipinski definition) is 1. The topological polar surface area (TPSA) is 71.7 Å². The second-order valence-electron chi connectivity index (χ2n) is 4.81. The molecule has 0 aliphatic rings. The van der Waals surface area contributed by atoms with Crippen molar-refractivity contribution in [2.45, 2.75) is 4.90 Å². The Bertz CT molecular complexity index is 976. The highest BCUT2D eigenvalue weighted by Gasteiger charge is 2.16. The SMILES string of the molecule is CS(=O)(=O)c1ccn2c(-c3cc(F)cc(F)c3)nc(O)c2c1. The van der Waals surface area contributed by atoms with E-state index in [0.717, 1.165) is 24.5 Å². The quantitative estimate of drug-likeness (QED) is 0.786. The van der Waals surface area contributed by atoms with Gasteiger partial charge in [0.2, 0.25) is 5.88 Å². The second-order valence-corrected chi connectivity index (χ2v) is 6.82. The standard InChI is InChI=1S/C14H10F2N2O3S/c1-22(20,21)11-2-3-18-12(7-11)14(19)17-13(18)8-4-9(15)6-10(16)5-8/h2-7,19H,1H3. The number of imidazole rings is 1. The van der Waals surface area contributed by atoms with Crippen molar-refractivity contribution in [3.63, 3.8) is 0 Å². The molecule has 5 nitrogen and oxygen atoms in total. The summed E-state index contributed by atoms with van der Waals surface area (Å²) in [5.41, 5.74) is 0.252. The van der Waals surface area contributed by atoms with Gasteiger partial charge in [-0.05, 0) is 24.3 Å². The van der Waals surface area contributed by atoms with Crippen LogP contribution in [0.4, 0.5) is 8.78 Å². The maximum absolute atomic E-state index is 13.3. The predicted molar refractivity (Wildman–Crippen MR) is 75.3 cm³/mol. The molecule has 3 rings (SSSR count). The maximum atomic E-state index is 13.3. The molecular formula is C14H10F2N2O3S. The minimum atomic E-state index is -3.45. The van der Waals surface area contributed by atoms with Gasteiger partial charge in [0.05, 0.1) is 4.90 Å². The van der Waals surface area contributed by atoms with E-state index in [1.807, 2.05) is 0 Å². The Balaban J connectivity index is 2.28. The zero-order chi connectivity index (χ0) is 16.1. The molecule has 1 aromatic carbocycles. The fourth-order valence-electron chi connectivity index (χ4n) is 2.17. The van der Waals surface area contributed by atoms with Gasteiger partial charge in [0.1, 0.15) is 23.0 Å². The summed E-state index contributed by atoms with van der Waals surface area (Å²) in [6, 6.07) is 5.43. The van der Waals surface area contributed by atoms with Crippen LogP contribution in [0.15, 0.2) is 41.4 Å². The molecule has 0 aliphatic heterocycles. The van der Waals surface area contributed by atoms with E-state index in [1.165, 1.54) is 22.7 Å². The third-order valence-electron chi connectivity index (χ3n) is 3.14. The monoisotopic (exact) mass is 324 g/mol. The number of aromatic nitrogens is 2. The number of fused-ring (bicyclic) bond motifs is 1. The molecule has 8 heteroatoms. The van der Waals surface area contributed by atoms with Gasteiger partial charge in [-0.3, -0.25) is 4.40 Å². The Labute approximate surface area is 124 Å². The van der Waals surface area contributed by atoms with Crippen LogP contribution in [0.5, 0.6) is 5.88 Å². The number of halogens is 2. The summed E-state index contributed by atoms with van der Waals surface area (Å²) in [6.07, 6.45) is 2.41. The number of pyridine rings is 1. The summed E-state index contributed by atoms with van der Waals surface area (Å²) < 4.78 is 51.1. The van der Waals surface area contributed by atoms with Crippen molar-refractivity contribution in [2.75, 3.05) is 6.26 Å². The number of rotatable bonds is 2. The molecule has 1 N–H and O–H groups in total. The van der Waals surface area contributed by atoms with Crippen LogP contribution in [0.2, 0.25) is 0 Å². The summed E-state index contributed by atoms with van der Waals surface area (Å²) in [5.74, 6) is -1.88. The minimum Gasteiger partial charge on any atom is -0.492 e. The van der Waals surface area contributed by atoms with Gasteiger partial charge in [-0.25, -0.2) is 17.2 Å². The van der Waals surface area contributed by atoms with Crippen molar-refractivity contribution >= 4 is 15.4 Å². The van der Waals surface area contributed by atoms with Crippen molar-refractivity contribution in [1.82, 2.24) is 9.38 Å². The van der Waals surface area contributed by atoms with Crippen molar-refractivity contribution in [3.8, 4) is 17.3 Å². The van der Waals surface area contributed by atoms with Crippen molar-refractivity contribution < 1.29 is 22.3 Å². The number of aromatic hydroxyl groups is 1. The summed E-state index contributed by atoms with van der Waals surface area (Å²) in [7, 11) is -3.45. The van der Waals surface area contributed by atoms with Crippen LogP contribution in [0.1, 0.15) is 0 Å². The van der Waals surface area contributed by atoms with Crippen LogP contribution in [0, 0.1) is 11.6 Å². The van der Waals surface area contributed by atoms with Gasteiger partial charge in [-0.15, -0.1) is 0 Å². The largest absolute Gasteiger partial charge is 0.492 e. The molecule has 2 aromatic heterocycles. The molecule has 0 bridgehead atoms. The molecule has 0 atom stereocenters. The molecule has 0 aliphatic carbocycles. The summed E-state index contributed by atoms with van der Waals surface area (Å²) in [4.78, 5) is 3.86. The first-order chi connectivity index (χ1) is 10.3. The average molecular weight is 324 g/mol. The zero-order valence-electron chi connectivity index (χ0n) is 11.3. The lowest BCUT2D eigenvalue weighted by Gasteiger charge is -2.03. The lowest BCUT2D eigenvalue weighted by molar-refractivity contribution is 0.462. The number of nitrogens with zero attached hydrogens (tertiary/aromatic N) is 2. The van der Waals surface area contributed by atoms with Gasteiger partial charge in [-0.1, -0.05) is 0 Å². The van der Waals surface area contributed by atoms with E-state index in [1.54, 1.807) is 0 Å². The van der Waals surface area contributed by atoms with Crippen molar-refractivity contribution in [1.29, 1.82) is 0 Å². The summed E-state index contributed by atoms with van der Waals surface area (Å²) in [6.45, 7) is 0. The van der Waals surface area contributed by atoms with E-state index in [0.29, 0.717) is 0 Å². The minimum absolute atomic E-state index is 0.00664. The molecule has 3 aromatic rings. The first-order valence-electron chi connectivity index (χ1n) is 6.13. The molecule has 114 valence electrons. The molecule has 0 saturated heterocycles. The smallest absolute Gasteiger partial charge is 0.237 e. The summed E-state index contributed by atoms with van der Waals surface area (Å²) >= 11 is 0. The lowest BCUT2D eigenvalue weighted by Crippen LogP contribution is -1.98. The Morgan fingerprint density at radius 2 is 1.77 bits per heavy atom. The van der Waals surface area contributed by atoms with E-state index in [9.17, 15) is 22.3 Å². The molecule has 0 fully saturated rings. The molecule has 0 spiro atoms. The van der Waals surface area contributed by atoms with Crippen LogP contribution in [0.25, 0.3) is 16.9 Å². The third-order valence-corrected chi connectivity index (χ3v) is 4.25. The number of hydrogen-bond acceptors (Lipinski definition) is 4. The predicted octanol–water partition coefficient (Wildman–Crippen LogP) is 2.39. The van der Waals surface area contributed by atoms with E-state index in [2.05, 4.69) is 4.98 Å². The molecule has 0 saturated carbocycles. The molecular weight excluding hydrogens is 314 g/mol. The highest BCUT2D eigenvalue weighted by molar-refractivity contribution is 7.90. The fourth-order valence-corrected chi connectivity index (χ4v) is 2.80. The van der Waals surface area contributed by atoms with Gasteiger partial charge in [-0.2, -0.15) is 4.98 Å². The maximum Gasteiger partial charge on any atom is 0.237 e. The van der Waals surface area contributed by atoms with Crippen LogP contribution in [0.3, 0.4) is 0 Å². The highest BCUT2D eigenvalue weighted by atomic mass is 32.2. The van der Waals surface area contributed by atoms with E-state index in [-0.39, 0.29) is 21.8 Å². The van der Waals surface area contributed by atoms with Gasteiger partial charge in [0.15, 0.2) is 9.84 Å².